The molecule has 1 atom stereocenters. The van der Waals surface area contributed by atoms with Gasteiger partial charge in [-0.05, 0) is 69.2 Å². The fraction of sp³-hybridized carbons (Fsp3) is 0.650. The number of benzene rings is 1. The zero-order chi connectivity index (χ0) is 18.0. The van der Waals surface area contributed by atoms with Crippen LogP contribution in [0.2, 0.25) is 0 Å². The molecule has 0 aliphatic rings. The Balaban J connectivity index is 2.81. The summed E-state index contributed by atoms with van der Waals surface area (Å²) in [6.45, 7) is 19.1. The lowest BCUT2D eigenvalue weighted by molar-refractivity contribution is -0.121. The molecule has 23 heavy (non-hydrogen) atoms. The van der Waals surface area contributed by atoms with E-state index < -0.39 is 0 Å². The summed E-state index contributed by atoms with van der Waals surface area (Å²) in [5.74, 6) is 0.991. The smallest absolute Gasteiger partial charge is 0.233 e. The Labute approximate surface area is 146 Å². The molecule has 0 unspecified atom stereocenters. The number of nitrogens with one attached hydrogen (secondary N) is 1. The largest absolute Gasteiger partial charge is 0.351 e. The van der Waals surface area contributed by atoms with Crippen molar-refractivity contribution in [3.05, 3.63) is 34.4 Å². The van der Waals surface area contributed by atoms with E-state index in [-0.39, 0.29) is 22.1 Å². The average molecular weight is 336 g/mol. The molecule has 0 saturated heterocycles. The van der Waals surface area contributed by atoms with Crippen molar-refractivity contribution in [3.63, 3.8) is 0 Å². The average Bonchev–Trinajstić information content (AvgIpc) is 2.33. The minimum atomic E-state index is -0.175. The molecule has 0 aliphatic carbocycles. The first kappa shape index (κ1) is 20.1. The van der Waals surface area contributed by atoms with Crippen LogP contribution in [0.3, 0.4) is 0 Å². The van der Waals surface area contributed by atoms with E-state index in [1.54, 1.807) is 11.8 Å². The van der Waals surface area contributed by atoms with Crippen molar-refractivity contribution in [2.24, 2.45) is 0 Å². The summed E-state index contributed by atoms with van der Waals surface area (Å²) in [5.41, 5.74) is 5.38. The molecule has 0 aliphatic heterocycles. The second-order valence-electron chi connectivity index (χ2n) is 8.53. The standard InChI is InChI=1S/C20H33NOS/c1-13-10-16(19(4,5)6)11-14(2)17(13)12-23-15(3)18(22)21-20(7,8)9/h10-11,15H,12H2,1-9H3,(H,21,22)/t15-/m1/s1. The van der Waals surface area contributed by atoms with Crippen molar-refractivity contribution in [2.45, 2.75) is 84.3 Å². The Bertz CT molecular complexity index is 541. The molecule has 0 aromatic heterocycles. The second-order valence-corrected chi connectivity index (χ2v) is 9.86. The van der Waals surface area contributed by atoms with Gasteiger partial charge in [-0.3, -0.25) is 4.79 Å². The summed E-state index contributed by atoms with van der Waals surface area (Å²) in [5, 5.41) is 3.01. The first-order chi connectivity index (χ1) is 10.3. The number of rotatable bonds is 4. The molecular formula is C20H33NOS. The normalized spacial score (nSPS) is 13.8. The predicted molar refractivity (Wildman–Crippen MR) is 103 cm³/mol. The molecule has 3 heteroatoms. The van der Waals surface area contributed by atoms with Gasteiger partial charge in [0, 0.05) is 11.3 Å². The van der Waals surface area contributed by atoms with Gasteiger partial charge in [-0.15, -0.1) is 11.8 Å². The Morgan fingerprint density at radius 1 is 1.09 bits per heavy atom. The number of hydrogen-bond donors (Lipinski definition) is 1. The lowest BCUT2D eigenvalue weighted by atomic mass is 9.84. The number of hydrogen-bond acceptors (Lipinski definition) is 2. The maximum atomic E-state index is 12.2. The summed E-state index contributed by atoms with van der Waals surface area (Å²) in [6, 6.07) is 4.59. The van der Waals surface area contributed by atoms with E-state index in [0.717, 1.165) is 5.75 Å². The van der Waals surface area contributed by atoms with Crippen LogP contribution in [0, 0.1) is 13.8 Å². The zero-order valence-electron chi connectivity index (χ0n) is 16.3. The summed E-state index contributed by atoms with van der Waals surface area (Å²) in [7, 11) is 0. The number of carbonyl (C=O) groups is 1. The molecule has 0 saturated carbocycles. The second kappa shape index (κ2) is 7.29. The lowest BCUT2D eigenvalue weighted by Crippen LogP contribution is -2.44. The van der Waals surface area contributed by atoms with Gasteiger partial charge in [0.1, 0.15) is 0 Å². The van der Waals surface area contributed by atoms with Crippen molar-refractivity contribution in [3.8, 4) is 0 Å². The Kier molecular flexibility index (Phi) is 6.37. The van der Waals surface area contributed by atoms with E-state index in [4.69, 9.17) is 0 Å². The summed E-state index contributed by atoms with van der Waals surface area (Å²) < 4.78 is 0. The summed E-state index contributed by atoms with van der Waals surface area (Å²) in [6.07, 6.45) is 0. The monoisotopic (exact) mass is 335 g/mol. The van der Waals surface area contributed by atoms with Crippen molar-refractivity contribution in [1.82, 2.24) is 5.32 Å². The molecular weight excluding hydrogens is 302 g/mol. The predicted octanol–water partition coefficient (Wildman–Crippen LogP) is 5.14. The van der Waals surface area contributed by atoms with E-state index >= 15 is 0 Å². The minimum Gasteiger partial charge on any atom is -0.351 e. The van der Waals surface area contributed by atoms with Crippen molar-refractivity contribution >= 4 is 17.7 Å². The van der Waals surface area contributed by atoms with Gasteiger partial charge in [0.05, 0.1) is 5.25 Å². The van der Waals surface area contributed by atoms with Crippen LogP contribution in [0.4, 0.5) is 0 Å². The molecule has 1 N–H and O–H groups in total. The Morgan fingerprint density at radius 3 is 1.96 bits per heavy atom. The molecule has 130 valence electrons. The van der Waals surface area contributed by atoms with Crippen LogP contribution in [-0.4, -0.2) is 16.7 Å². The SMILES string of the molecule is Cc1cc(C(C)(C)C)cc(C)c1CS[C@H](C)C(=O)NC(C)(C)C. The van der Waals surface area contributed by atoms with E-state index in [2.05, 4.69) is 52.1 Å². The molecule has 0 radical (unpaired) electrons. The van der Waals surface area contributed by atoms with Gasteiger partial charge in [0.2, 0.25) is 5.91 Å². The van der Waals surface area contributed by atoms with Crippen LogP contribution in [0.1, 0.15) is 70.7 Å². The molecule has 0 spiro atoms. The van der Waals surface area contributed by atoms with E-state index in [9.17, 15) is 4.79 Å². The number of aryl methyl sites for hydroxylation is 2. The van der Waals surface area contributed by atoms with Crippen LogP contribution < -0.4 is 5.32 Å². The van der Waals surface area contributed by atoms with Crippen molar-refractivity contribution in [2.75, 3.05) is 0 Å². The zero-order valence-corrected chi connectivity index (χ0v) is 17.1. The highest BCUT2D eigenvalue weighted by Gasteiger charge is 2.21. The fourth-order valence-corrected chi connectivity index (χ4v) is 3.49. The van der Waals surface area contributed by atoms with Gasteiger partial charge < -0.3 is 5.32 Å². The van der Waals surface area contributed by atoms with E-state index in [1.807, 2.05) is 27.7 Å². The third-order valence-corrected chi connectivity index (χ3v) is 5.08. The number of carbonyl (C=O) groups excluding carboxylic acids is 1. The molecule has 2 nitrogen and oxygen atoms in total. The topological polar surface area (TPSA) is 29.1 Å². The molecule has 0 bridgehead atoms. The summed E-state index contributed by atoms with van der Waals surface area (Å²) in [4.78, 5) is 12.2. The first-order valence-electron chi connectivity index (χ1n) is 8.35. The van der Waals surface area contributed by atoms with Gasteiger partial charge in [0.25, 0.3) is 0 Å². The van der Waals surface area contributed by atoms with Gasteiger partial charge >= 0.3 is 0 Å². The molecule has 1 rings (SSSR count). The van der Waals surface area contributed by atoms with Gasteiger partial charge in [-0.25, -0.2) is 0 Å². The Morgan fingerprint density at radius 2 is 1.57 bits per heavy atom. The molecule has 1 aromatic carbocycles. The maximum Gasteiger partial charge on any atom is 0.233 e. The van der Waals surface area contributed by atoms with Crippen LogP contribution in [0.25, 0.3) is 0 Å². The van der Waals surface area contributed by atoms with Crippen LogP contribution in [0.5, 0.6) is 0 Å². The molecule has 1 amide bonds. The number of thioether (sulfide) groups is 1. The van der Waals surface area contributed by atoms with Crippen LogP contribution in [-0.2, 0) is 16.0 Å². The summed E-state index contributed by atoms with van der Waals surface area (Å²) >= 11 is 1.71. The van der Waals surface area contributed by atoms with Crippen molar-refractivity contribution in [1.29, 1.82) is 0 Å². The van der Waals surface area contributed by atoms with Crippen LogP contribution >= 0.6 is 11.8 Å². The minimum absolute atomic E-state index is 0.0460. The highest BCUT2D eigenvalue weighted by atomic mass is 32.2. The van der Waals surface area contributed by atoms with Gasteiger partial charge in [-0.2, -0.15) is 0 Å². The lowest BCUT2D eigenvalue weighted by Gasteiger charge is -2.24. The third-order valence-electron chi connectivity index (χ3n) is 3.91. The maximum absolute atomic E-state index is 12.2. The molecule has 0 heterocycles. The van der Waals surface area contributed by atoms with Gasteiger partial charge in [0.15, 0.2) is 0 Å². The molecule has 1 aromatic rings. The van der Waals surface area contributed by atoms with Crippen LogP contribution in [0.15, 0.2) is 12.1 Å². The van der Waals surface area contributed by atoms with Crippen molar-refractivity contribution < 1.29 is 4.79 Å². The Hall–Kier alpha value is -0.960. The molecule has 0 fully saturated rings. The fourth-order valence-electron chi connectivity index (χ4n) is 2.41. The van der Waals surface area contributed by atoms with Gasteiger partial charge in [-0.1, -0.05) is 32.9 Å². The van der Waals surface area contributed by atoms with E-state index in [1.165, 1.54) is 22.3 Å². The number of amides is 1. The highest BCUT2D eigenvalue weighted by molar-refractivity contribution is 7.99. The third kappa shape index (κ3) is 6.21. The van der Waals surface area contributed by atoms with E-state index in [0.29, 0.717) is 0 Å². The quantitative estimate of drug-likeness (QED) is 0.825. The first-order valence-corrected chi connectivity index (χ1v) is 9.40. The highest BCUT2D eigenvalue weighted by Crippen LogP contribution is 2.29.